The number of rotatable bonds is 9. The number of benzene rings is 2. The molecule has 1 aliphatic carbocycles. The van der Waals surface area contributed by atoms with Gasteiger partial charge in [-0.15, -0.1) is 0 Å². The molecule has 0 saturated carbocycles. The van der Waals surface area contributed by atoms with Crippen LogP contribution in [0.2, 0.25) is 0 Å². The van der Waals surface area contributed by atoms with E-state index in [1.807, 2.05) is 33.8 Å². The number of hydrogen-bond acceptors (Lipinski definition) is 7. The van der Waals surface area contributed by atoms with Crippen molar-refractivity contribution in [3.05, 3.63) is 82.1 Å². The smallest absolute Gasteiger partial charge is 0.256 e. The molecular weight excluding hydrogens is 541 g/mol. The van der Waals surface area contributed by atoms with Gasteiger partial charge in [0.25, 0.3) is 5.91 Å². The lowest BCUT2D eigenvalue weighted by Gasteiger charge is -2.33. The number of halogens is 1. The van der Waals surface area contributed by atoms with E-state index < -0.39 is 5.82 Å². The molecule has 3 aromatic rings. The maximum Gasteiger partial charge on any atom is 0.256 e. The molecule has 43 heavy (non-hydrogen) atoms. The molecule has 1 aromatic heterocycles. The molecule has 1 amide bonds. The second-order valence-corrected chi connectivity index (χ2v) is 12.1. The fourth-order valence-corrected chi connectivity index (χ4v) is 6.22. The van der Waals surface area contributed by atoms with E-state index in [0.29, 0.717) is 17.2 Å². The lowest BCUT2D eigenvalue weighted by molar-refractivity contribution is 0.0644. The molecule has 8 nitrogen and oxygen atoms in total. The summed E-state index contributed by atoms with van der Waals surface area (Å²) in [5.74, 6) is -0.0459. The third-order valence-corrected chi connectivity index (χ3v) is 8.42. The topological polar surface area (TPSA) is 97.2 Å². The number of aromatic nitrogens is 2. The van der Waals surface area contributed by atoms with Crippen LogP contribution in [0.3, 0.4) is 0 Å². The zero-order valence-electron chi connectivity index (χ0n) is 25.6. The Balaban J connectivity index is 1.25. The average Bonchev–Trinajstić information content (AvgIpc) is 3.41. The normalized spacial score (nSPS) is 15.3. The van der Waals surface area contributed by atoms with Gasteiger partial charge in [-0.1, -0.05) is 12.1 Å². The van der Waals surface area contributed by atoms with E-state index in [1.54, 1.807) is 17.2 Å². The zero-order valence-corrected chi connectivity index (χ0v) is 25.6. The molecule has 0 spiro atoms. The Morgan fingerprint density at radius 2 is 1.88 bits per heavy atom. The molecule has 224 valence electrons. The van der Waals surface area contributed by atoms with Crippen LogP contribution in [0.1, 0.15) is 73.1 Å². The van der Waals surface area contributed by atoms with Crippen LogP contribution in [-0.4, -0.2) is 56.9 Å². The summed E-state index contributed by atoms with van der Waals surface area (Å²) in [5, 5.41) is 16.2. The third kappa shape index (κ3) is 6.70. The van der Waals surface area contributed by atoms with Crippen molar-refractivity contribution in [2.24, 2.45) is 0 Å². The average molecular weight is 582 g/mol. The lowest BCUT2D eigenvalue weighted by Crippen LogP contribution is -2.42. The molecule has 1 saturated heterocycles. The predicted molar refractivity (Wildman–Crippen MR) is 169 cm³/mol. The van der Waals surface area contributed by atoms with E-state index >= 15 is 0 Å². The number of piperidine rings is 1. The summed E-state index contributed by atoms with van der Waals surface area (Å²) in [6, 6.07) is 11.1. The van der Waals surface area contributed by atoms with Crippen molar-refractivity contribution < 1.29 is 9.18 Å². The van der Waals surface area contributed by atoms with Crippen LogP contribution >= 0.6 is 0 Å². The lowest BCUT2D eigenvalue weighted by atomic mass is 9.97. The first-order chi connectivity index (χ1) is 20.6. The molecule has 0 unspecified atom stereocenters. The van der Waals surface area contributed by atoms with E-state index in [0.717, 1.165) is 44.5 Å². The third-order valence-electron chi connectivity index (χ3n) is 8.42. The van der Waals surface area contributed by atoms with Gasteiger partial charge in [-0.2, -0.15) is 5.26 Å². The van der Waals surface area contributed by atoms with Crippen LogP contribution < -0.4 is 10.6 Å². The SMILES string of the molecule is Cc1c(CN2CCC(Nc3ncncc3Nc3ccc(F)cc3C(=O)N(C(C)C)C(C)C)CC2)ccc2c1C=C(C#N)C2. The zero-order chi connectivity index (χ0) is 30.7. The number of amides is 1. The molecule has 1 aliphatic heterocycles. The number of fused-ring (bicyclic) bond motifs is 1. The van der Waals surface area contributed by atoms with Crippen LogP contribution in [0, 0.1) is 24.1 Å². The van der Waals surface area contributed by atoms with Gasteiger partial charge < -0.3 is 15.5 Å². The largest absolute Gasteiger partial charge is 0.365 e. The van der Waals surface area contributed by atoms with Gasteiger partial charge in [0.1, 0.15) is 17.8 Å². The van der Waals surface area contributed by atoms with E-state index in [4.69, 9.17) is 0 Å². The molecule has 0 radical (unpaired) electrons. The van der Waals surface area contributed by atoms with Crippen LogP contribution in [0.5, 0.6) is 0 Å². The fraction of sp³-hybridized carbons (Fsp3) is 0.412. The van der Waals surface area contributed by atoms with Crippen molar-refractivity contribution in [1.29, 1.82) is 5.26 Å². The molecule has 0 bridgehead atoms. The van der Waals surface area contributed by atoms with Crippen molar-refractivity contribution in [2.45, 2.75) is 78.6 Å². The number of hydrogen-bond donors (Lipinski definition) is 2. The van der Waals surface area contributed by atoms with Gasteiger partial charge in [-0.3, -0.25) is 9.69 Å². The number of carbonyl (C=O) groups excluding carboxylic acids is 1. The van der Waals surface area contributed by atoms with Gasteiger partial charge in [0.15, 0.2) is 5.82 Å². The number of allylic oxidation sites excluding steroid dienone is 1. The van der Waals surface area contributed by atoms with Crippen molar-refractivity contribution in [1.82, 2.24) is 19.8 Å². The highest BCUT2D eigenvalue weighted by Gasteiger charge is 2.26. The van der Waals surface area contributed by atoms with Crippen LogP contribution in [0.25, 0.3) is 6.08 Å². The summed E-state index contributed by atoms with van der Waals surface area (Å²) in [6.07, 6.45) is 7.84. The summed E-state index contributed by atoms with van der Waals surface area (Å²) in [5.41, 5.74) is 7.26. The first-order valence-corrected chi connectivity index (χ1v) is 15.0. The van der Waals surface area contributed by atoms with Gasteiger partial charge in [0.05, 0.1) is 23.5 Å². The molecule has 1 fully saturated rings. The van der Waals surface area contributed by atoms with E-state index in [-0.39, 0.29) is 29.6 Å². The molecule has 5 rings (SSSR count). The van der Waals surface area contributed by atoms with Crippen molar-refractivity contribution in [3.8, 4) is 6.07 Å². The molecule has 2 aromatic carbocycles. The highest BCUT2D eigenvalue weighted by Crippen LogP contribution is 2.32. The standard InChI is InChI=1S/C34H40FN7O/c1-21(2)42(22(3)4)34(43)30-16-27(35)8-9-31(30)40-32-18-37-20-38-33(32)39-28-10-12-41(13-11-28)19-26-7-6-25-14-24(17-36)15-29(25)23(26)5/h6-9,15-16,18,20-22,28,40H,10-14,19H2,1-5H3,(H,37,38,39). The second-order valence-electron chi connectivity index (χ2n) is 12.1. The number of likely N-dealkylation sites (tertiary alicyclic amines) is 1. The Labute approximate surface area is 253 Å². The Hall–Kier alpha value is -4.29. The minimum atomic E-state index is -0.464. The van der Waals surface area contributed by atoms with Crippen LogP contribution in [0.15, 0.2) is 48.4 Å². The van der Waals surface area contributed by atoms with Crippen LogP contribution in [-0.2, 0) is 13.0 Å². The maximum absolute atomic E-state index is 14.3. The fourth-order valence-electron chi connectivity index (χ4n) is 6.22. The number of nitriles is 1. The van der Waals surface area contributed by atoms with E-state index in [1.165, 1.54) is 40.7 Å². The Bertz CT molecular complexity index is 1560. The number of nitrogens with zero attached hydrogens (tertiary/aromatic N) is 5. The van der Waals surface area contributed by atoms with Crippen molar-refractivity contribution in [2.75, 3.05) is 23.7 Å². The first-order valence-electron chi connectivity index (χ1n) is 15.0. The van der Waals surface area contributed by atoms with Crippen molar-refractivity contribution in [3.63, 3.8) is 0 Å². The molecule has 2 aliphatic rings. The molecular formula is C34H40FN7O. The van der Waals surface area contributed by atoms with Crippen molar-refractivity contribution >= 4 is 29.2 Å². The molecule has 9 heteroatoms. The Kier molecular flexibility index (Phi) is 9.07. The first kappa shape index (κ1) is 30.2. The number of nitrogens with one attached hydrogen (secondary N) is 2. The van der Waals surface area contributed by atoms with Gasteiger partial charge in [-0.05, 0) is 94.0 Å². The van der Waals surface area contributed by atoms with Gasteiger partial charge in [-0.25, -0.2) is 14.4 Å². The minimum absolute atomic E-state index is 0.0355. The van der Waals surface area contributed by atoms with Gasteiger partial charge in [0.2, 0.25) is 0 Å². The minimum Gasteiger partial charge on any atom is -0.365 e. The molecule has 2 N–H and O–H groups in total. The molecule has 2 heterocycles. The maximum atomic E-state index is 14.3. The Morgan fingerprint density at radius 1 is 1.14 bits per heavy atom. The Morgan fingerprint density at radius 3 is 2.58 bits per heavy atom. The quantitative estimate of drug-likeness (QED) is 0.299. The molecule has 0 atom stereocenters. The van der Waals surface area contributed by atoms with Crippen LogP contribution in [0.4, 0.5) is 21.6 Å². The van der Waals surface area contributed by atoms with Gasteiger partial charge >= 0.3 is 0 Å². The highest BCUT2D eigenvalue weighted by atomic mass is 19.1. The summed E-state index contributed by atoms with van der Waals surface area (Å²) in [4.78, 5) is 26.4. The summed E-state index contributed by atoms with van der Waals surface area (Å²) >= 11 is 0. The summed E-state index contributed by atoms with van der Waals surface area (Å²) in [7, 11) is 0. The monoisotopic (exact) mass is 581 g/mol. The number of carbonyl (C=O) groups is 1. The second kappa shape index (κ2) is 12.9. The van der Waals surface area contributed by atoms with E-state index in [2.05, 4.69) is 50.6 Å². The van der Waals surface area contributed by atoms with Gasteiger partial charge in [0, 0.05) is 49.8 Å². The predicted octanol–water partition coefficient (Wildman–Crippen LogP) is 6.47. The summed E-state index contributed by atoms with van der Waals surface area (Å²) in [6.45, 7) is 12.8. The highest BCUT2D eigenvalue weighted by molar-refractivity contribution is 6.01. The summed E-state index contributed by atoms with van der Waals surface area (Å²) < 4.78 is 14.3. The van der Waals surface area contributed by atoms with E-state index in [9.17, 15) is 14.4 Å². The number of anilines is 3.